The monoisotopic (exact) mass is 277 g/mol. The van der Waals surface area contributed by atoms with E-state index in [-0.39, 0.29) is 12.1 Å². The van der Waals surface area contributed by atoms with E-state index >= 15 is 0 Å². The fraction of sp³-hybridized carbons (Fsp3) is 0.462. The number of hydroxylamine groups is 2. The third-order valence-electron chi connectivity index (χ3n) is 2.95. The van der Waals surface area contributed by atoms with Gasteiger partial charge >= 0.3 is 6.03 Å². The summed E-state index contributed by atoms with van der Waals surface area (Å²) in [6, 6.07) is -0.196. The summed E-state index contributed by atoms with van der Waals surface area (Å²) in [6.07, 6.45) is 6.70. The molecule has 2 amide bonds. The molecule has 0 aliphatic carbocycles. The lowest BCUT2D eigenvalue weighted by atomic mass is 10.2. The first-order valence-electron chi connectivity index (χ1n) is 6.67. The van der Waals surface area contributed by atoms with Gasteiger partial charge in [-0.05, 0) is 6.08 Å². The zero-order valence-corrected chi connectivity index (χ0v) is 11.8. The van der Waals surface area contributed by atoms with Gasteiger partial charge in [-0.2, -0.15) is 10.2 Å². The molecule has 108 valence electrons. The SMILES string of the molecule is C=CCON1C(=O)N2CC(n3cncn3)=CC1C2.CC. The van der Waals surface area contributed by atoms with Crippen LogP contribution in [0.5, 0.6) is 0 Å². The van der Waals surface area contributed by atoms with E-state index in [1.54, 1.807) is 22.0 Å². The molecule has 1 atom stereocenters. The summed E-state index contributed by atoms with van der Waals surface area (Å²) in [6.45, 7) is 9.06. The maximum Gasteiger partial charge on any atom is 0.345 e. The van der Waals surface area contributed by atoms with E-state index in [1.165, 1.54) is 11.4 Å². The van der Waals surface area contributed by atoms with E-state index in [0.29, 0.717) is 19.7 Å². The first-order chi connectivity index (χ1) is 9.79. The molecular weight excluding hydrogens is 258 g/mol. The number of hydrogen-bond donors (Lipinski definition) is 0. The van der Waals surface area contributed by atoms with Crippen molar-refractivity contribution in [2.24, 2.45) is 0 Å². The van der Waals surface area contributed by atoms with Gasteiger partial charge in [-0.1, -0.05) is 19.9 Å². The molecule has 2 aliphatic heterocycles. The Balaban J connectivity index is 0.000000704. The summed E-state index contributed by atoms with van der Waals surface area (Å²) in [5.41, 5.74) is 0.932. The maximum absolute atomic E-state index is 12.0. The van der Waals surface area contributed by atoms with Gasteiger partial charge in [0.05, 0.1) is 24.9 Å². The quantitative estimate of drug-likeness (QED) is 0.780. The first kappa shape index (κ1) is 14.3. The Morgan fingerprint density at radius 3 is 3.00 bits per heavy atom. The number of urea groups is 1. The van der Waals surface area contributed by atoms with Crippen LogP contribution in [0.25, 0.3) is 5.70 Å². The second kappa shape index (κ2) is 6.33. The molecule has 0 saturated carbocycles. The molecule has 1 saturated heterocycles. The van der Waals surface area contributed by atoms with Gasteiger partial charge in [-0.25, -0.2) is 14.5 Å². The lowest BCUT2D eigenvalue weighted by Gasteiger charge is -2.20. The van der Waals surface area contributed by atoms with Gasteiger partial charge in [-0.3, -0.25) is 4.84 Å². The van der Waals surface area contributed by atoms with Gasteiger partial charge in [-0.15, -0.1) is 6.58 Å². The van der Waals surface area contributed by atoms with E-state index in [4.69, 9.17) is 4.84 Å². The molecule has 1 aromatic heterocycles. The van der Waals surface area contributed by atoms with E-state index in [9.17, 15) is 4.79 Å². The van der Waals surface area contributed by atoms with Gasteiger partial charge < -0.3 is 4.90 Å². The minimum absolute atomic E-state index is 0.0783. The standard InChI is InChI=1S/C11H13N5O2.C2H6/c1-2-3-18-16-10-4-9(15-8-12-7-13-15)5-14(6-10)11(16)17;1-2/h2,4,7-8,10H,1,3,5-6H2;1-2H3. The van der Waals surface area contributed by atoms with Crippen LogP contribution < -0.4 is 0 Å². The molecule has 0 radical (unpaired) electrons. The highest BCUT2D eigenvalue weighted by Gasteiger charge is 2.41. The number of nitrogens with zero attached hydrogens (tertiary/aromatic N) is 5. The number of amides is 2. The van der Waals surface area contributed by atoms with Gasteiger partial charge in [0.2, 0.25) is 0 Å². The summed E-state index contributed by atoms with van der Waals surface area (Å²) in [4.78, 5) is 23.0. The second-order valence-corrected chi connectivity index (χ2v) is 4.14. The van der Waals surface area contributed by atoms with Crippen LogP contribution in [0, 0.1) is 0 Å². The highest BCUT2D eigenvalue weighted by molar-refractivity contribution is 5.80. The van der Waals surface area contributed by atoms with Crippen LogP contribution in [0.2, 0.25) is 0 Å². The number of rotatable bonds is 4. The Morgan fingerprint density at radius 1 is 1.55 bits per heavy atom. The Bertz CT molecular complexity index is 497. The first-order valence-corrected chi connectivity index (χ1v) is 6.67. The normalized spacial score (nSPS) is 20.4. The fourth-order valence-corrected chi connectivity index (χ4v) is 2.17. The van der Waals surface area contributed by atoms with Crippen LogP contribution in [0.1, 0.15) is 13.8 Å². The molecule has 20 heavy (non-hydrogen) atoms. The number of carbonyl (C=O) groups is 1. The second-order valence-electron chi connectivity index (χ2n) is 4.14. The van der Waals surface area contributed by atoms with Gasteiger partial charge in [0.15, 0.2) is 0 Å². The molecule has 1 fully saturated rings. The third kappa shape index (κ3) is 2.57. The smallest absolute Gasteiger partial charge is 0.314 e. The van der Waals surface area contributed by atoms with E-state index < -0.39 is 0 Å². The van der Waals surface area contributed by atoms with Crippen molar-refractivity contribution in [3.8, 4) is 0 Å². The molecule has 0 spiro atoms. The molecule has 3 rings (SSSR count). The zero-order valence-electron chi connectivity index (χ0n) is 11.8. The van der Waals surface area contributed by atoms with Gasteiger partial charge in [0.1, 0.15) is 12.7 Å². The Morgan fingerprint density at radius 2 is 2.35 bits per heavy atom. The lowest BCUT2D eigenvalue weighted by Crippen LogP contribution is -2.33. The number of hydrogen-bond acceptors (Lipinski definition) is 4. The largest absolute Gasteiger partial charge is 0.345 e. The number of fused-ring (bicyclic) bond motifs is 2. The number of aromatic nitrogens is 3. The van der Waals surface area contributed by atoms with Crippen molar-refractivity contribution in [1.29, 1.82) is 0 Å². The molecule has 0 N–H and O–H groups in total. The Hall–Kier alpha value is -2.15. The summed E-state index contributed by atoms with van der Waals surface area (Å²) in [7, 11) is 0. The van der Waals surface area contributed by atoms with Gasteiger partial charge in [0.25, 0.3) is 0 Å². The molecule has 0 aromatic carbocycles. The molecule has 1 aromatic rings. The van der Waals surface area contributed by atoms with Gasteiger partial charge in [0, 0.05) is 6.54 Å². The van der Waals surface area contributed by atoms with Crippen LogP contribution in [-0.2, 0) is 4.84 Å². The Kier molecular flexibility index (Phi) is 4.52. The minimum Gasteiger partial charge on any atom is -0.314 e. The van der Waals surface area contributed by atoms with Crippen LogP contribution in [0.4, 0.5) is 4.79 Å². The molecule has 2 aliphatic rings. The fourth-order valence-electron chi connectivity index (χ4n) is 2.17. The highest BCUT2D eigenvalue weighted by atomic mass is 16.7. The highest BCUT2D eigenvalue weighted by Crippen LogP contribution is 2.26. The lowest BCUT2D eigenvalue weighted by molar-refractivity contribution is -0.107. The Labute approximate surface area is 118 Å². The van der Waals surface area contributed by atoms with Crippen molar-refractivity contribution in [3.63, 3.8) is 0 Å². The minimum atomic E-state index is -0.117. The molecule has 2 bridgehead atoms. The summed E-state index contributed by atoms with van der Waals surface area (Å²) in [5.74, 6) is 0. The summed E-state index contributed by atoms with van der Waals surface area (Å²) < 4.78 is 1.67. The van der Waals surface area contributed by atoms with E-state index in [0.717, 1.165) is 5.70 Å². The van der Waals surface area contributed by atoms with Crippen LogP contribution in [0.15, 0.2) is 31.4 Å². The summed E-state index contributed by atoms with van der Waals surface area (Å²) in [5, 5.41) is 5.47. The zero-order chi connectivity index (χ0) is 14.5. The van der Waals surface area contributed by atoms with Crippen LogP contribution >= 0.6 is 0 Å². The van der Waals surface area contributed by atoms with Crippen molar-refractivity contribution in [1.82, 2.24) is 24.7 Å². The molecule has 7 heteroatoms. The topological polar surface area (TPSA) is 63.5 Å². The van der Waals surface area contributed by atoms with E-state index in [1.807, 2.05) is 19.9 Å². The average molecular weight is 277 g/mol. The maximum atomic E-state index is 12.0. The van der Waals surface area contributed by atoms with Crippen molar-refractivity contribution in [2.75, 3.05) is 19.7 Å². The predicted octanol–water partition coefficient (Wildman–Crippen LogP) is 1.38. The summed E-state index contributed by atoms with van der Waals surface area (Å²) >= 11 is 0. The van der Waals surface area contributed by atoms with Crippen molar-refractivity contribution in [3.05, 3.63) is 31.4 Å². The average Bonchev–Trinajstić information content (AvgIpc) is 3.09. The van der Waals surface area contributed by atoms with Crippen molar-refractivity contribution in [2.45, 2.75) is 19.9 Å². The van der Waals surface area contributed by atoms with Crippen LogP contribution in [0.3, 0.4) is 0 Å². The van der Waals surface area contributed by atoms with E-state index in [2.05, 4.69) is 16.7 Å². The molecule has 7 nitrogen and oxygen atoms in total. The van der Waals surface area contributed by atoms with Crippen molar-refractivity contribution >= 4 is 11.7 Å². The van der Waals surface area contributed by atoms with Crippen LogP contribution in [-0.4, -0.2) is 56.5 Å². The number of carbonyl (C=O) groups excluding carboxylic acids is 1. The molecular formula is C13H19N5O2. The molecule has 3 heterocycles. The third-order valence-corrected chi connectivity index (χ3v) is 2.95. The predicted molar refractivity (Wildman–Crippen MR) is 74.4 cm³/mol. The molecule has 1 unspecified atom stereocenters. The van der Waals surface area contributed by atoms with Crippen molar-refractivity contribution < 1.29 is 9.63 Å².